The van der Waals surface area contributed by atoms with Crippen LogP contribution in [-0.2, 0) is 0 Å². The van der Waals surface area contributed by atoms with Crippen LogP contribution < -0.4 is 10.6 Å². The Morgan fingerprint density at radius 1 is 0.594 bits per heavy atom. The minimum Gasteiger partial charge on any atom is -0.478 e. The number of rotatable bonds is 6. The average Bonchev–Trinajstić information content (AvgIpc) is 2.77. The molecule has 0 bridgehead atoms. The summed E-state index contributed by atoms with van der Waals surface area (Å²) < 4.78 is 0. The van der Waals surface area contributed by atoms with E-state index in [1.54, 1.807) is 19.9 Å². The van der Waals surface area contributed by atoms with E-state index in [2.05, 4.69) is 10.6 Å². The molecule has 0 saturated heterocycles. The van der Waals surface area contributed by atoms with Gasteiger partial charge in [0.1, 0.15) is 0 Å². The van der Waals surface area contributed by atoms with Crippen LogP contribution in [0.4, 0.5) is 11.4 Å². The summed E-state index contributed by atoms with van der Waals surface area (Å²) in [5.41, 5.74) is 3.10. The van der Waals surface area contributed by atoms with Crippen molar-refractivity contribution in [3.8, 4) is 0 Å². The first-order valence-electron chi connectivity index (χ1n) is 9.57. The third-order valence-electron chi connectivity index (χ3n) is 5.06. The lowest BCUT2D eigenvalue weighted by molar-refractivity contribution is 0.0685. The van der Waals surface area contributed by atoms with Crippen LogP contribution in [0.2, 0.25) is 0 Å². The van der Waals surface area contributed by atoms with Gasteiger partial charge in [-0.05, 0) is 85.6 Å². The normalized spacial score (nSPS) is 10.3. The van der Waals surface area contributed by atoms with Crippen molar-refractivity contribution in [3.63, 3.8) is 0 Å². The molecular formula is C24H20N2O6. The first kappa shape index (κ1) is 22.2. The first-order chi connectivity index (χ1) is 15.2. The van der Waals surface area contributed by atoms with Crippen LogP contribution in [0.15, 0.2) is 60.7 Å². The van der Waals surface area contributed by atoms with E-state index in [1.807, 2.05) is 0 Å². The smallest absolute Gasteiger partial charge is 0.335 e. The van der Waals surface area contributed by atoms with Crippen LogP contribution in [0.3, 0.4) is 0 Å². The van der Waals surface area contributed by atoms with Gasteiger partial charge in [0.05, 0.1) is 11.1 Å². The van der Waals surface area contributed by atoms with Crippen LogP contribution in [-0.4, -0.2) is 34.0 Å². The topological polar surface area (TPSA) is 133 Å². The van der Waals surface area contributed by atoms with Gasteiger partial charge in [0.25, 0.3) is 11.8 Å². The number of carbonyl (C=O) groups excluding carboxylic acids is 2. The Balaban J connectivity index is 1.69. The summed E-state index contributed by atoms with van der Waals surface area (Å²) in [6.45, 7) is 3.41. The monoisotopic (exact) mass is 432 g/mol. The second-order valence-electron chi connectivity index (χ2n) is 7.08. The van der Waals surface area contributed by atoms with Gasteiger partial charge in [-0.3, -0.25) is 9.59 Å². The molecule has 2 amide bonds. The standard InChI is InChI=1S/C24H20N2O6/c1-13-14(2)20(12-11-19(13)24(31)32)26-22(28)16-5-3-15(4-6-16)21(27)25-18-9-7-17(8-10-18)23(29)30/h3-12H,1-2H3,(H,25,27)(H,26,28)(H,29,30)(H,31,32). The van der Waals surface area contributed by atoms with Crippen molar-refractivity contribution in [3.05, 3.63) is 94.0 Å². The predicted octanol–water partition coefficient (Wildman–Crippen LogP) is 4.20. The number of carboxylic acids is 2. The number of nitrogens with one attached hydrogen (secondary N) is 2. The van der Waals surface area contributed by atoms with Gasteiger partial charge in [-0.1, -0.05) is 0 Å². The molecule has 0 unspecified atom stereocenters. The lowest BCUT2D eigenvalue weighted by Gasteiger charge is -2.13. The zero-order chi connectivity index (χ0) is 23.4. The van der Waals surface area contributed by atoms with E-state index in [0.29, 0.717) is 33.6 Å². The van der Waals surface area contributed by atoms with E-state index >= 15 is 0 Å². The fourth-order valence-electron chi connectivity index (χ4n) is 3.05. The van der Waals surface area contributed by atoms with Crippen LogP contribution in [0.1, 0.15) is 52.6 Å². The Morgan fingerprint density at radius 3 is 1.59 bits per heavy atom. The third-order valence-corrected chi connectivity index (χ3v) is 5.06. The quantitative estimate of drug-likeness (QED) is 0.461. The molecule has 0 fully saturated rings. The predicted molar refractivity (Wildman–Crippen MR) is 119 cm³/mol. The van der Waals surface area contributed by atoms with Crippen molar-refractivity contribution < 1.29 is 29.4 Å². The van der Waals surface area contributed by atoms with Crippen LogP contribution in [0.25, 0.3) is 0 Å². The summed E-state index contributed by atoms with van der Waals surface area (Å²) in [4.78, 5) is 47.1. The average molecular weight is 432 g/mol. The Labute approximate surface area is 183 Å². The highest BCUT2D eigenvalue weighted by Gasteiger charge is 2.15. The molecule has 3 aromatic rings. The van der Waals surface area contributed by atoms with Crippen molar-refractivity contribution in [2.75, 3.05) is 10.6 Å². The van der Waals surface area contributed by atoms with Crippen molar-refractivity contribution >= 4 is 35.1 Å². The molecule has 0 spiro atoms. The number of carbonyl (C=O) groups is 4. The van der Waals surface area contributed by atoms with Gasteiger partial charge in [-0.25, -0.2) is 9.59 Å². The van der Waals surface area contributed by atoms with E-state index in [-0.39, 0.29) is 11.1 Å². The van der Waals surface area contributed by atoms with Gasteiger partial charge in [0, 0.05) is 22.5 Å². The Hall–Kier alpha value is -4.46. The minimum atomic E-state index is -1.06. The van der Waals surface area contributed by atoms with Gasteiger partial charge >= 0.3 is 11.9 Å². The molecule has 0 atom stereocenters. The fraction of sp³-hybridized carbons (Fsp3) is 0.0833. The van der Waals surface area contributed by atoms with Crippen molar-refractivity contribution in [1.29, 1.82) is 0 Å². The molecule has 3 aromatic carbocycles. The highest BCUT2D eigenvalue weighted by atomic mass is 16.4. The summed E-state index contributed by atoms with van der Waals surface area (Å²) in [7, 11) is 0. The SMILES string of the molecule is Cc1c(NC(=O)c2ccc(C(=O)Nc3ccc(C(=O)O)cc3)cc2)ccc(C(=O)O)c1C. The molecule has 32 heavy (non-hydrogen) atoms. The molecule has 0 aliphatic carbocycles. The van der Waals surface area contributed by atoms with Crippen molar-refractivity contribution in [1.82, 2.24) is 0 Å². The number of benzene rings is 3. The summed E-state index contributed by atoms with van der Waals surface area (Å²) in [5.74, 6) is -2.89. The van der Waals surface area contributed by atoms with E-state index in [1.165, 1.54) is 54.6 Å². The lowest BCUT2D eigenvalue weighted by atomic mass is 10.0. The first-order valence-corrected chi connectivity index (χ1v) is 9.57. The molecule has 4 N–H and O–H groups in total. The second-order valence-corrected chi connectivity index (χ2v) is 7.08. The molecule has 162 valence electrons. The summed E-state index contributed by atoms with van der Waals surface area (Å²) in [6.07, 6.45) is 0. The number of hydrogen-bond acceptors (Lipinski definition) is 4. The zero-order valence-electron chi connectivity index (χ0n) is 17.3. The number of amides is 2. The Bertz CT molecular complexity index is 1210. The Morgan fingerprint density at radius 2 is 1.09 bits per heavy atom. The molecule has 3 rings (SSSR count). The maximum Gasteiger partial charge on any atom is 0.335 e. The maximum absolute atomic E-state index is 12.6. The molecule has 0 saturated carbocycles. The van der Waals surface area contributed by atoms with Crippen molar-refractivity contribution in [2.45, 2.75) is 13.8 Å². The summed E-state index contributed by atoms with van der Waals surface area (Å²) in [6, 6.07) is 14.8. The Kier molecular flexibility index (Phi) is 6.34. The number of aromatic carboxylic acids is 2. The number of hydrogen-bond donors (Lipinski definition) is 4. The maximum atomic E-state index is 12.6. The summed E-state index contributed by atoms with van der Waals surface area (Å²) in [5, 5.41) is 23.5. The molecule has 0 aliphatic rings. The van der Waals surface area contributed by atoms with Gasteiger partial charge < -0.3 is 20.8 Å². The molecular weight excluding hydrogens is 412 g/mol. The molecule has 0 heterocycles. The van der Waals surface area contributed by atoms with E-state index in [4.69, 9.17) is 5.11 Å². The number of carboxylic acid groups (broad SMARTS) is 2. The minimum absolute atomic E-state index is 0.112. The highest BCUT2D eigenvalue weighted by Crippen LogP contribution is 2.23. The van der Waals surface area contributed by atoms with E-state index < -0.39 is 23.8 Å². The van der Waals surface area contributed by atoms with Gasteiger partial charge in [0.15, 0.2) is 0 Å². The zero-order valence-corrected chi connectivity index (χ0v) is 17.3. The van der Waals surface area contributed by atoms with Crippen LogP contribution in [0.5, 0.6) is 0 Å². The highest BCUT2D eigenvalue weighted by molar-refractivity contribution is 6.07. The largest absolute Gasteiger partial charge is 0.478 e. The lowest BCUT2D eigenvalue weighted by Crippen LogP contribution is -2.15. The second kappa shape index (κ2) is 9.13. The third kappa shape index (κ3) is 4.81. The van der Waals surface area contributed by atoms with E-state index in [9.17, 15) is 24.3 Å². The van der Waals surface area contributed by atoms with Gasteiger partial charge in [-0.15, -0.1) is 0 Å². The number of anilines is 2. The molecule has 8 nitrogen and oxygen atoms in total. The molecule has 0 radical (unpaired) electrons. The van der Waals surface area contributed by atoms with E-state index in [0.717, 1.165) is 0 Å². The molecule has 0 aromatic heterocycles. The fourth-order valence-corrected chi connectivity index (χ4v) is 3.05. The molecule has 8 heteroatoms. The van der Waals surface area contributed by atoms with Crippen molar-refractivity contribution in [2.24, 2.45) is 0 Å². The van der Waals surface area contributed by atoms with Crippen LogP contribution >= 0.6 is 0 Å². The van der Waals surface area contributed by atoms with Gasteiger partial charge in [0.2, 0.25) is 0 Å². The van der Waals surface area contributed by atoms with Crippen LogP contribution in [0, 0.1) is 13.8 Å². The molecule has 0 aliphatic heterocycles. The van der Waals surface area contributed by atoms with Gasteiger partial charge in [-0.2, -0.15) is 0 Å². The summed E-state index contributed by atoms with van der Waals surface area (Å²) >= 11 is 0.